The molecular weight excluding hydrogens is 244 g/mol. The van der Waals surface area contributed by atoms with E-state index in [0.717, 1.165) is 6.42 Å². The van der Waals surface area contributed by atoms with Crippen LogP contribution in [0.5, 0.6) is 0 Å². The number of carbonyl (C=O) groups excluding carboxylic acids is 1. The second-order valence-electron chi connectivity index (χ2n) is 4.78. The quantitative estimate of drug-likeness (QED) is 0.784. The molecular formula is C15H20O4. The molecule has 0 aromatic heterocycles. The Balaban J connectivity index is 2.07. The molecule has 1 aliphatic heterocycles. The number of hydrogen-bond donors (Lipinski definition) is 0. The molecule has 19 heavy (non-hydrogen) atoms. The number of rotatable bonds is 4. The fraction of sp³-hybridized carbons (Fsp3) is 0.533. The van der Waals surface area contributed by atoms with E-state index in [0.29, 0.717) is 5.56 Å². The number of esters is 1. The zero-order valence-corrected chi connectivity index (χ0v) is 11.5. The first kappa shape index (κ1) is 14.0. The minimum Gasteiger partial charge on any atom is -0.453 e. The van der Waals surface area contributed by atoms with Gasteiger partial charge < -0.3 is 14.2 Å². The smallest absolute Gasteiger partial charge is 0.338 e. The summed E-state index contributed by atoms with van der Waals surface area (Å²) in [7, 11) is 1.57. The Bertz CT molecular complexity index is 415. The SMILES string of the molecule is CC[C@H]1OC(OC)[C@@H](OC(=O)c2ccccc2)[C@@H]1C. The highest BCUT2D eigenvalue weighted by Gasteiger charge is 2.43. The molecule has 1 heterocycles. The molecule has 2 rings (SSSR count). The van der Waals surface area contributed by atoms with Crippen LogP contribution in [0.4, 0.5) is 0 Å². The van der Waals surface area contributed by atoms with E-state index >= 15 is 0 Å². The largest absolute Gasteiger partial charge is 0.453 e. The van der Waals surface area contributed by atoms with Crippen LogP contribution in [0.3, 0.4) is 0 Å². The van der Waals surface area contributed by atoms with Crippen LogP contribution in [0.2, 0.25) is 0 Å². The Labute approximate surface area is 113 Å². The van der Waals surface area contributed by atoms with Crippen molar-refractivity contribution >= 4 is 5.97 Å². The summed E-state index contributed by atoms with van der Waals surface area (Å²) in [6.45, 7) is 4.07. The Hall–Kier alpha value is -1.39. The number of carbonyl (C=O) groups is 1. The van der Waals surface area contributed by atoms with Crippen molar-refractivity contribution in [3.8, 4) is 0 Å². The van der Waals surface area contributed by atoms with Crippen molar-refractivity contribution in [2.45, 2.75) is 38.8 Å². The summed E-state index contributed by atoms with van der Waals surface area (Å²) >= 11 is 0. The van der Waals surface area contributed by atoms with E-state index in [9.17, 15) is 4.79 Å². The highest BCUT2D eigenvalue weighted by molar-refractivity contribution is 5.89. The first-order valence-corrected chi connectivity index (χ1v) is 6.61. The highest BCUT2D eigenvalue weighted by atomic mass is 16.7. The maximum atomic E-state index is 12.1. The number of hydrogen-bond acceptors (Lipinski definition) is 4. The standard InChI is InChI=1S/C15H20O4/c1-4-12-10(2)13(15(17-3)18-12)19-14(16)11-8-6-5-7-9-11/h5-10,12-13,15H,4H2,1-3H3/t10-,12-,13+,15?/m1/s1. The first-order valence-electron chi connectivity index (χ1n) is 6.61. The highest BCUT2D eigenvalue weighted by Crippen LogP contribution is 2.31. The summed E-state index contributed by atoms with van der Waals surface area (Å²) < 4.78 is 16.5. The molecule has 0 N–H and O–H groups in total. The number of ether oxygens (including phenoxy) is 3. The van der Waals surface area contributed by atoms with Gasteiger partial charge in [0.15, 0.2) is 12.4 Å². The molecule has 4 heteroatoms. The zero-order valence-electron chi connectivity index (χ0n) is 11.5. The van der Waals surface area contributed by atoms with Gasteiger partial charge >= 0.3 is 5.97 Å². The maximum Gasteiger partial charge on any atom is 0.338 e. The molecule has 1 aromatic carbocycles. The average molecular weight is 264 g/mol. The topological polar surface area (TPSA) is 44.8 Å². The first-order chi connectivity index (χ1) is 9.17. The van der Waals surface area contributed by atoms with Crippen LogP contribution < -0.4 is 0 Å². The van der Waals surface area contributed by atoms with Gasteiger partial charge in [-0.3, -0.25) is 0 Å². The van der Waals surface area contributed by atoms with Crippen molar-refractivity contribution in [1.82, 2.24) is 0 Å². The summed E-state index contributed by atoms with van der Waals surface area (Å²) in [5.74, 6) is -0.206. The third-order valence-corrected chi connectivity index (χ3v) is 3.57. The summed E-state index contributed by atoms with van der Waals surface area (Å²) in [6, 6.07) is 8.97. The van der Waals surface area contributed by atoms with E-state index in [4.69, 9.17) is 14.2 Å². The molecule has 0 radical (unpaired) electrons. The second-order valence-corrected chi connectivity index (χ2v) is 4.78. The van der Waals surface area contributed by atoms with Gasteiger partial charge in [0.05, 0.1) is 11.7 Å². The van der Waals surface area contributed by atoms with E-state index in [2.05, 4.69) is 6.92 Å². The normalized spacial score (nSPS) is 30.3. The van der Waals surface area contributed by atoms with Crippen molar-refractivity contribution in [3.63, 3.8) is 0 Å². The lowest BCUT2D eigenvalue weighted by molar-refractivity contribution is -0.150. The fourth-order valence-electron chi connectivity index (χ4n) is 2.42. The second kappa shape index (κ2) is 6.17. The molecule has 0 bridgehead atoms. The van der Waals surface area contributed by atoms with E-state index in [-0.39, 0.29) is 24.1 Å². The minimum absolute atomic E-state index is 0.0681. The van der Waals surface area contributed by atoms with Crippen molar-refractivity contribution in [1.29, 1.82) is 0 Å². The van der Waals surface area contributed by atoms with Gasteiger partial charge in [-0.2, -0.15) is 0 Å². The lowest BCUT2D eigenvalue weighted by atomic mass is 9.99. The van der Waals surface area contributed by atoms with E-state index in [1.54, 1.807) is 19.2 Å². The molecule has 0 aliphatic carbocycles. The van der Waals surface area contributed by atoms with Gasteiger partial charge in [0, 0.05) is 13.0 Å². The van der Waals surface area contributed by atoms with Gasteiger partial charge in [-0.05, 0) is 18.6 Å². The molecule has 0 spiro atoms. The number of benzene rings is 1. The lowest BCUT2D eigenvalue weighted by Gasteiger charge is -2.20. The molecule has 1 saturated heterocycles. The molecule has 4 nitrogen and oxygen atoms in total. The van der Waals surface area contributed by atoms with E-state index in [1.165, 1.54) is 0 Å². The Morgan fingerprint density at radius 3 is 2.58 bits per heavy atom. The molecule has 1 aromatic rings. The van der Waals surface area contributed by atoms with Gasteiger partial charge in [-0.25, -0.2) is 4.79 Å². The minimum atomic E-state index is -0.479. The summed E-state index contributed by atoms with van der Waals surface area (Å²) in [4.78, 5) is 12.1. The zero-order chi connectivity index (χ0) is 13.8. The van der Waals surface area contributed by atoms with Gasteiger partial charge in [0.1, 0.15) is 0 Å². The average Bonchev–Trinajstić information content (AvgIpc) is 2.76. The summed E-state index contributed by atoms with van der Waals surface area (Å²) in [6.07, 6.45) is 0.106. The van der Waals surface area contributed by atoms with Crippen molar-refractivity contribution in [2.24, 2.45) is 5.92 Å². The van der Waals surface area contributed by atoms with Gasteiger partial charge in [0.2, 0.25) is 0 Å². The van der Waals surface area contributed by atoms with Crippen molar-refractivity contribution < 1.29 is 19.0 Å². The third-order valence-electron chi connectivity index (χ3n) is 3.57. The van der Waals surface area contributed by atoms with E-state index in [1.807, 2.05) is 25.1 Å². The predicted molar refractivity (Wildman–Crippen MR) is 70.8 cm³/mol. The molecule has 1 unspecified atom stereocenters. The van der Waals surface area contributed by atoms with Crippen LogP contribution in [0, 0.1) is 5.92 Å². The molecule has 1 fully saturated rings. The predicted octanol–water partition coefficient (Wildman–Crippen LogP) is 2.63. The van der Waals surface area contributed by atoms with Crippen LogP contribution in [0.1, 0.15) is 30.6 Å². The molecule has 4 atom stereocenters. The van der Waals surface area contributed by atoms with Crippen LogP contribution >= 0.6 is 0 Å². The van der Waals surface area contributed by atoms with Gasteiger partial charge in [0.25, 0.3) is 0 Å². The Kier molecular flexibility index (Phi) is 4.56. The Morgan fingerprint density at radius 1 is 1.32 bits per heavy atom. The van der Waals surface area contributed by atoms with E-state index < -0.39 is 6.29 Å². The fourth-order valence-corrected chi connectivity index (χ4v) is 2.42. The molecule has 104 valence electrons. The van der Waals surface area contributed by atoms with Crippen LogP contribution in [0.15, 0.2) is 30.3 Å². The Morgan fingerprint density at radius 2 is 2.00 bits per heavy atom. The summed E-state index contributed by atoms with van der Waals surface area (Å²) in [5, 5.41) is 0. The maximum absolute atomic E-state index is 12.1. The van der Waals surface area contributed by atoms with Crippen molar-refractivity contribution in [3.05, 3.63) is 35.9 Å². The molecule has 1 aliphatic rings. The number of methoxy groups -OCH3 is 1. The van der Waals surface area contributed by atoms with Crippen LogP contribution in [0.25, 0.3) is 0 Å². The van der Waals surface area contributed by atoms with Gasteiger partial charge in [-0.15, -0.1) is 0 Å². The molecule has 0 amide bonds. The summed E-state index contributed by atoms with van der Waals surface area (Å²) in [5.41, 5.74) is 0.546. The van der Waals surface area contributed by atoms with Gasteiger partial charge in [-0.1, -0.05) is 32.0 Å². The monoisotopic (exact) mass is 264 g/mol. The van der Waals surface area contributed by atoms with Crippen LogP contribution in [-0.2, 0) is 14.2 Å². The van der Waals surface area contributed by atoms with Crippen molar-refractivity contribution in [2.75, 3.05) is 7.11 Å². The molecule has 0 saturated carbocycles. The lowest BCUT2D eigenvalue weighted by Crippen LogP contribution is -2.32. The third kappa shape index (κ3) is 2.96. The van der Waals surface area contributed by atoms with Crippen LogP contribution in [-0.4, -0.2) is 31.6 Å².